The highest BCUT2D eigenvalue weighted by molar-refractivity contribution is 5.27. The van der Waals surface area contributed by atoms with Gasteiger partial charge in [-0.05, 0) is 36.8 Å². The molecule has 0 bridgehead atoms. The normalized spacial score (nSPS) is 8.77. The van der Waals surface area contributed by atoms with Crippen molar-refractivity contribution in [3.63, 3.8) is 0 Å². The fourth-order valence-corrected chi connectivity index (χ4v) is 1.66. The van der Waals surface area contributed by atoms with E-state index < -0.39 is 0 Å². The Bertz CT molecular complexity index is 466. The second-order valence-electron chi connectivity index (χ2n) is 4.18. The molecule has 0 aromatic heterocycles. The Morgan fingerprint density at radius 1 is 0.682 bits per heavy atom. The van der Waals surface area contributed by atoms with Gasteiger partial charge >= 0.3 is 0 Å². The van der Waals surface area contributed by atoms with Gasteiger partial charge in [0.15, 0.2) is 0 Å². The van der Waals surface area contributed by atoms with Crippen molar-refractivity contribution >= 4 is 0 Å². The average Bonchev–Trinajstić information content (AvgIpc) is 2.59. The third-order valence-corrected chi connectivity index (χ3v) is 2.56. The van der Waals surface area contributed by atoms with E-state index in [4.69, 9.17) is 9.47 Å². The van der Waals surface area contributed by atoms with Crippen molar-refractivity contribution in [2.75, 3.05) is 13.2 Å². The van der Waals surface area contributed by atoms with Gasteiger partial charge in [0.2, 0.25) is 0 Å². The van der Waals surface area contributed by atoms with Crippen LogP contribution < -0.4 is 9.47 Å². The molecule has 0 atom stereocenters. The van der Waals surface area contributed by atoms with Crippen molar-refractivity contribution < 1.29 is 9.47 Å². The summed E-state index contributed by atoms with van der Waals surface area (Å²) >= 11 is 0. The highest BCUT2D eigenvalue weighted by Crippen LogP contribution is 2.13. The summed E-state index contributed by atoms with van der Waals surface area (Å²) < 4.78 is 11.2. The number of para-hydroxylation sites is 1. The lowest BCUT2D eigenvalue weighted by atomic mass is 10.2. The Balaban J connectivity index is 0.00000102. The van der Waals surface area contributed by atoms with Crippen molar-refractivity contribution in [1.82, 2.24) is 0 Å². The maximum atomic E-state index is 5.64. The fraction of sp³-hybridized carbons (Fsp3) is 0.400. The van der Waals surface area contributed by atoms with Crippen LogP contribution in [0.15, 0.2) is 54.6 Å². The Hall–Kier alpha value is -1.96. The molecule has 0 amide bonds. The minimum absolute atomic E-state index is 0.676. The molecule has 0 aliphatic rings. The predicted molar refractivity (Wildman–Crippen MR) is 95.9 cm³/mol. The minimum atomic E-state index is 0.676. The molecule has 22 heavy (non-hydrogen) atoms. The molecular weight excluding hydrogens is 272 g/mol. The van der Waals surface area contributed by atoms with Crippen LogP contribution in [-0.4, -0.2) is 13.2 Å². The monoisotopic (exact) mass is 302 g/mol. The molecule has 0 N–H and O–H groups in total. The zero-order valence-corrected chi connectivity index (χ0v) is 14.6. The molecule has 122 valence electrons. The van der Waals surface area contributed by atoms with Crippen LogP contribution in [0.5, 0.6) is 11.5 Å². The molecular formula is C20H30O2. The van der Waals surface area contributed by atoms with Gasteiger partial charge in [-0.2, -0.15) is 0 Å². The molecule has 0 spiro atoms. The Morgan fingerprint density at radius 3 is 1.82 bits per heavy atom. The van der Waals surface area contributed by atoms with Gasteiger partial charge in [-0.1, -0.05) is 58.0 Å². The molecule has 0 saturated heterocycles. The standard InChI is InChI=1S/C16H18O2.2C2H6/c1-14-7-5-10-16(13-14)18-12-6-11-17-15-8-3-2-4-9-15;2*1-2/h2-5,7-10,13H,6,11-12H2,1H3;2*1-2H3. The zero-order chi connectivity index (χ0) is 16.6. The molecule has 0 aliphatic heterocycles. The topological polar surface area (TPSA) is 18.5 Å². The van der Waals surface area contributed by atoms with Crippen molar-refractivity contribution in [2.24, 2.45) is 0 Å². The first kappa shape index (κ1) is 20.0. The number of hydrogen-bond donors (Lipinski definition) is 0. The molecule has 0 unspecified atom stereocenters. The molecule has 2 rings (SSSR count). The number of aryl methyl sites for hydroxylation is 1. The summed E-state index contributed by atoms with van der Waals surface area (Å²) in [5.74, 6) is 1.84. The first-order chi connectivity index (χ1) is 10.8. The fourth-order valence-electron chi connectivity index (χ4n) is 1.66. The van der Waals surface area contributed by atoms with E-state index in [1.807, 2.05) is 76.2 Å². The predicted octanol–water partition coefficient (Wildman–Crippen LogP) is 5.90. The number of benzene rings is 2. The molecule has 2 aromatic carbocycles. The molecule has 0 saturated carbocycles. The number of hydrogen-bond acceptors (Lipinski definition) is 2. The minimum Gasteiger partial charge on any atom is -0.493 e. The Labute approximate surface area is 136 Å². The van der Waals surface area contributed by atoms with E-state index in [1.165, 1.54) is 5.56 Å². The van der Waals surface area contributed by atoms with E-state index in [-0.39, 0.29) is 0 Å². The Kier molecular flexibility index (Phi) is 12.8. The number of rotatable bonds is 6. The van der Waals surface area contributed by atoms with E-state index in [9.17, 15) is 0 Å². The van der Waals surface area contributed by atoms with Crippen molar-refractivity contribution in [3.05, 3.63) is 60.2 Å². The molecule has 0 heterocycles. The molecule has 2 aromatic rings. The molecule has 0 aliphatic carbocycles. The van der Waals surface area contributed by atoms with Crippen LogP contribution in [0.25, 0.3) is 0 Å². The summed E-state index contributed by atoms with van der Waals surface area (Å²) in [7, 11) is 0. The highest BCUT2D eigenvalue weighted by Gasteiger charge is 1.95. The van der Waals surface area contributed by atoms with Crippen LogP contribution in [0.4, 0.5) is 0 Å². The largest absolute Gasteiger partial charge is 0.493 e. The first-order valence-electron chi connectivity index (χ1n) is 8.22. The van der Waals surface area contributed by atoms with Crippen molar-refractivity contribution in [3.8, 4) is 11.5 Å². The number of ether oxygens (including phenoxy) is 2. The summed E-state index contributed by atoms with van der Waals surface area (Å²) in [5, 5.41) is 0. The molecule has 0 radical (unpaired) electrons. The van der Waals surface area contributed by atoms with Gasteiger partial charge in [-0.15, -0.1) is 0 Å². The second kappa shape index (κ2) is 14.0. The summed E-state index contributed by atoms with van der Waals surface area (Å²) in [5.41, 5.74) is 1.22. The lowest BCUT2D eigenvalue weighted by molar-refractivity contribution is 0.247. The third-order valence-electron chi connectivity index (χ3n) is 2.56. The Morgan fingerprint density at radius 2 is 1.23 bits per heavy atom. The SMILES string of the molecule is CC.CC.Cc1cccc(OCCCOc2ccccc2)c1. The van der Waals surface area contributed by atoms with E-state index in [0.717, 1.165) is 17.9 Å². The van der Waals surface area contributed by atoms with Crippen LogP contribution in [0.2, 0.25) is 0 Å². The molecule has 2 heteroatoms. The highest BCUT2D eigenvalue weighted by atomic mass is 16.5. The summed E-state index contributed by atoms with van der Waals surface area (Å²) in [4.78, 5) is 0. The van der Waals surface area contributed by atoms with Crippen LogP contribution in [0.3, 0.4) is 0 Å². The second-order valence-corrected chi connectivity index (χ2v) is 4.18. The van der Waals surface area contributed by atoms with Crippen LogP contribution in [0, 0.1) is 6.92 Å². The van der Waals surface area contributed by atoms with Crippen LogP contribution in [0.1, 0.15) is 39.7 Å². The smallest absolute Gasteiger partial charge is 0.119 e. The third kappa shape index (κ3) is 9.06. The quantitative estimate of drug-likeness (QED) is 0.619. The van der Waals surface area contributed by atoms with Gasteiger partial charge in [-0.25, -0.2) is 0 Å². The maximum Gasteiger partial charge on any atom is 0.119 e. The van der Waals surface area contributed by atoms with Gasteiger partial charge < -0.3 is 9.47 Å². The average molecular weight is 302 g/mol. The van der Waals surface area contributed by atoms with Crippen molar-refractivity contribution in [1.29, 1.82) is 0 Å². The van der Waals surface area contributed by atoms with Gasteiger partial charge in [-0.3, -0.25) is 0 Å². The summed E-state index contributed by atoms with van der Waals surface area (Å²) in [6, 6.07) is 17.9. The van der Waals surface area contributed by atoms with E-state index >= 15 is 0 Å². The van der Waals surface area contributed by atoms with Gasteiger partial charge in [0.25, 0.3) is 0 Å². The lowest BCUT2D eigenvalue weighted by Crippen LogP contribution is -2.04. The zero-order valence-electron chi connectivity index (χ0n) is 14.6. The van der Waals surface area contributed by atoms with Gasteiger partial charge in [0, 0.05) is 6.42 Å². The van der Waals surface area contributed by atoms with E-state index in [1.54, 1.807) is 0 Å². The summed E-state index contributed by atoms with van der Waals surface area (Å²) in [6.07, 6.45) is 0.878. The van der Waals surface area contributed by atoms with Crippen LogP contribution >= 0.6 is 0 Å². The molecule has 2 nitrogen and oxygen atoms in total. The summed E-state index contributed by atoms with van der Waals surface area (Å²) in [6.45, 7) is 11.4. The molecule has 0 fully saturated rings. The lowest BCUT2D eigenvalue weighted by Gasteiger charge is -2.08. The van der Waals surface area contributed by atoms with Gasteiger partial charge in [0.1, 0.15) is 11.5 Å². The van der Waals surface area contributed by atoms with Crippen LogP contribution in [-0.2, 0) is 0 Å². The van der Waals surface area contributed by atoms with Crippen molar-refractivity contribution in [2.45, 2.75) is 41.0 Å². The maximum absolute atomic E-state index is 5.64. The van der Waals surface area contributed by atoms with E-state index in [2.05, 4.69) is 13.0 Å². The first-order valence-corrected chi connectivity index (χ1v) is 8.22. The van der Waals surface area contributed by atoms with E-state index in [0.29, 0.717) is 13.2 Å². The van der Waals surface area contributed by atoms with Gasteiger partial charge in [0.05, 0.1) is 13.2 Å².